The Morgan fingerprint density at radius 3 is 2.50 bits per heavy atom. The van der Waals surface area contributed by atoms with Gasteiger partial charge in [-0.2, -0.15) is 0 Å². The van der Waals surface area contributed by atoms with Crippen LogP contribution in [-0.4, -0.2) is 39.4 Å². The normalized spacial score (nSPS) is 20.6. The molecule has 1 saturated heterocycles. The van der Waals surface area contributed by atoms with Gasteiger partial charge in [0.05, 0.1) is 10.9 Å². The third-order valence-corrected chi connectivity index (χ3v) is 6.54. The van der Waals surface area contributed by atoms with Crippen molar-refractivity contribution in [1.82, 2.24) is 14.5 Å². The van der Waals surface area contributed by atoms with E-state index in [1.165, 1.54) is 18.2 Å². The summed E-state index contributed by atoms with van der Waals surface area (Å²) in [5, 5.41) is 0.392. The number of halogens is 3. The van der Waals surface area contributed by atoms with E-state index in [9.17, 15) is 22.8 Å². The summed E-state index contributed by atoms with van der Waals surface area (Å²) >= 11 is 0. The van der Waals surface area contributed by atoms with Crippen molar-refractivity contribution in [2.24, 2.45) is 11.8 Å². The van der Waals surface area contributed by atoms with Crippen LogP contribution in [0.4, 0.5) is 13.2 Å². The molecule has 0 atom stereocenters. The standard InChI is InChI=1S/C22H26F3N3O2/c1-14-26-19-12-17(23)2-3-18(19)21(30)28(14)13-15-6-10-27(11-7-15)20(29)16-4-8-22(24,25)9-5-16/h2-3,12,15-16H,4-11,13H2,1H3. The molecule has 2 fully saturated rings. The van der Waals surface area contributed by atoms with Crippen molar-refractivity contribution < 1.29 is 18.0 Å². The maximum atomic E-state index is 13.4. The predicted molar refractivity (Wildman–Crippen MR) is 107 cm³/mol. The highest BCUT2D eigenvalue weighted by molar-refractivity contribution is 5.79. The zero-order valence-electron chi connectivity index (χ0n) is 17.0. The minimum atomic E-state index is -2.63. The van der Waals surface area contributed by atoms with Gasteiger partial charge in [0.15, 0.2) is 0 Å². The van der Waals surface area contributed by atoms with Crippen LogP contribution in [-0.2, 0) is 11.3 Å². The molecule has 2 aliphatic rings. The first kappa shape index (κ1) is 20.9. The summed E-state index contributed by atoms with van der Waals surface area (Å²) in [6.45, 7) is 3.40. The van der Waals surface area contributed by atoms with Crippen molar-refractivity contribution in [3.8, 4) is 0 Å². The van der Waals surface area contributed by atoms with Gasteiger partial charge >= 0.3 is 0 Å². The second kappa shape index (κ2) is 8.04. The van der Waals surface area contributed by atoms with E-state index in [1.807, 2.05) is 0 Å². The van der Waals surface area contributed by atoms with Crippen LogP contribution in [0.2, 0.25) is 0 Å². The van der Waals surface area contributed by atoms with Gasteiger partial charge in [-0.05, 0) is 50.7 Å². The van der Waals surface area contributed by atoms with Gasteiger partial charge in [-0.1, -0.05) is 0 Å². The lowest BCUT2D eigenvalue weighted by molar-refractivity contribution is -0.141. The fraction of sp³-hybridized carbons (Fsp3) is 0.591. The number of amides is 1. The van der Waals surface area contributed by atoms with Crippen LogP contribution in [0.25, 0.3) is 10.9 Å². The van der Waals surface area contributed by atoms with Crippen LogP contribution >= 0.6 is 0 Å². The van der Waals surface area contributed by atoms with Gasteiger partial charge in [0.1, 0.15) is 11.6 Å². The molecular formula is C22H26F3N3O2. The number of piperidine rings is 1. The minimum absolute atomic E-state index is 0.00769. The number of aryl methyl sites for hydroxylation is 1. The van der Waals surface area contributed by atoms with Crippen molar-refractivity contribution in [2.75, 3.05) is 13.1 Å². The molecule has 0 spiro atoms. The zero-order chi connectivity index (χ0) is 21.5. The van der Waals surface area contributed by atoms with E-state index in [0.717, 1.165) is 12.8 Å². The van der Waals surface area contributed by atoms with Crippen LogP contribution in [0.3, 0.4) is 0 Å². The highest BCUT2D eigenvalue weighted by atomic mass is 19.3. The minimum Gasteiger partial charge on any atom is -0.342 e. The van der Waals surface area contributed by atoms with Gasteiger partial charge in [-0.25, -0.2) is 18.2 Å². The van der Waals surface area contributed by atoms with Crippen molar-refractivity contribution in [2.45, 2.75) is 57.9 Å². The van der Waals surface area contributed by atoms with Crippen LogP contribution < -0.4 is 5.56 Å². The summed E-state index contributed by atoms with van der Waals surface area (Å²) in [6.07, 6.45) is 1.60. The number of nitrogens with zero attached hydrogens (tertiary/aromatic N) is 3. The average molecular weight is 421 g/mol. The maximum absolute atomic E-state index is 13.4. The van der Waals surface area contributed by atoms with E-state index >= 15 is 0 Å². The summed E-state index contributed by atoms with van der Waals surface area (Å²) < 4.78 is 41.8. The monoisotopic (exact) mass is 421 g/mol. The van der Waals surface area contributed by atoms with Crippen molar-refractivity contribution in [3.63, 3.8) is 0 Å². The SMILES string of the molecule is Cc1nc2cc(F)ccc2c(=O)n1CC1CCN(C(=O)C2CCC(F)(F)CC2)CC1. The summed E-state index contributed by atoms with van der Waals surface area (Å²) in [6, 6.07) is 3.99. The van der Waals surface area contributed by atoms with E-state index in [4.69, 9.17) is 0 Å². The van der Waals surface area contributed by atoms with E-state index in [1.54, 1.807) is 16.4 Å². The zero-order valence-corrected chi connectivity index (χ0v) is 17.0. The molecule has 2 aromatic rings. The molecule has 8 heteroatoms. The van der Waals surface area contributed by atoms with Gasteiger partial charge in [0.2, 0.25) is 11.8 Å². The van der Waals surface area contributed by atoms with Crippen LogP contribution in [0.15, 0.2) is 23.0 Å². The Hall–Kier alpha value is -2.38. The number of rotatable bonds is 3. The lowest BCUT2D eigenvalue weighted by Crippen LogP contribution is -2.44. The summed E-state index contributed by atoms with van der Waals surface area (Å²) in [5.74, 6) is -2.59. The molecule has 0 bridgehead atoms. The largest absolute Gasteiger partial charge is 0.342 e. The van der Waals surface area contributed by atoms with Crippen molar-refractivity contribution in [3.05, 3.63) is 40.2 Å². The van der Waals surface area contributed by atoms with E-state index in [0.29, 0.717) is 36.4 Å². The number of benzene rings is 1. The number of carbonyl (C=O) groups excluding carboxylic acids is 1. The first-order valence-electron chi connectivity index (χ1n) is 10.6. The Morgan fingerprint density at radius 2 is 1.83 bits per heavy atom. The highest BCUT2D eigenvalue weighted by Crippen LogP contribution is 2.37. The summed E-state index contributed by atoms with van der Waals surface area (Å²) in [4.78, 5) is 31.7. The van der Waals surface area contributed by atoms with Crippen molar-refractivity contribution in [1.29, 1.82) is 0 Å². The van der Waals surface area contributed by atoms with Gasteiger partial charge < -0.3 is 4.90 Å². The van der Waals surface area contributed by atoms with Gasteiger partial charge in [0, 0.05) is 44.5 Å². The van der Waals surface area contributed by atoms with Gasteiger partial charge in [0.25, 0.3) is 5.56 Å². The molecule has 0 radical (unpaired) electrons. The Bertz CT molecular complexity index is 1000. The molecule has 162 valence electrons. The Balaban J connectivity index is 1.39. The first-order valence-corrected chi connectivity index (χ1v) is 10.6. The van der Waals surface area contributed by atoms with Crippen molar-refractivity contribution >= 4 is 16.8 Å². The molecule has 1 aliphatic carbocycles. The van der Waals surface area contributed by atoms with Gasteiger partial charge in [-0.15, -0.1) is 0 Å². The highest BCUT2D eigenvalue weighted by Gasteiger charge is 2.39. The molecule has 0 N–H and O–H groups in total. The predicted octanol–water partition coefficient (Wildman–Crippen LogP) is 3.91. The Kier molecular flexibility index (Phi) is 5.59. The molecule has 1 aliphatic heterocycles. The lowest BCUT2D eigenvalue weighted by atomic mass is 9.85. The van der Waals surface area contributed by atoms with E-state index in [2.05, 4.69) is 4.98 Å². The molecule has 1 aromatic carbocycles. The van der Waals surface area contributed by atoms with Crippen LogP contribution in [0, 0.1) is 24.6 Å². The number of hydrogen-bond donors (Lipinski definition) is 0. The fourth-order valence-corrected chi connectivity index (χ4v) is 4.66. The molecule has 1 amide bonds. The molecular weight excluding hydrogens is 395 g/mol. The van der Waals surface area contributed by atoms with Crippen LogP contribution in [0.5, 0.6) is 0 Å². The van der Waals surface area contributed by atoms with E-state index < -0.39 is 11.7 Å². The quantitative estimate of drug-likeness (QED) is 0.755. The molecule has 4 rings (SSSR count). The second-order valence-corrected chi connectivity index (χ2v) is 8.64. The number of fused-ring (bicyclic) bond motifs is 1. The fourth-order valence-electron chi connectivity index (χ4n) is 4.66. The Morgan fingerprint density at radius 1 is 1.17 bits per heavy atom. The number of carbonyl (C=O) groups is 1. The molecule has 2 heterocycles. The topological polar surface area (TPSA) is 55.2 Å². The molecule has 30 heavy (non-hydrogen) atoms. The number of likely N-dealkylation sites (tertiary alicyclic amines) is 1. The molecule has 1 saturated carbocycles. The lowest BCUT2D eigenvalue weighted by Gasteiger charge is -2.36. The molecule has 1 aromatic heterocycles. The maximum Gasteiger partial charge on any atom is 0.261 e. The molecule has 0 unspecified atom stereocenters. The third kappa shape index (κ3) is 4.23. The first-order chi connectivity index (χ1) is 14.2. The van der Waals surface area contributed by atoms with E-state index in [-0.39, 0.29) is 49.0 Å². The molecule has 5 nitrogen and oxygen atoms in total. The number of alkyl halides is 2. The average Bonchev–Trinajstić information content (AvgIpc) is 2.71. The second-order valence-electron chi connectivity index (χ2n) is 8.64. The smallest absolute Gasteiger partial charge is 0.261 e. The summed E-state index contributed by atoms with van der Waals surface area (Å²) in [5.41, 5.74) is 0.173. The number of hydrogen-bond acceptors (Lipinski definition) is 3. The number of aromatic nitrogens is 2. The van der Waals surface area contributed by atoms with Crippen LogP contribution in [0.1, 0.15) is 44.3 Å². The Labute approximate surface area is 172 Å². The summed E-state index contributed by atoms with van der Waals surface area (Å²) in [7, 11) is 0. The van der Waals surface area contributed by atoms with Gasteiger partial charge in [-0.3, -0.25) is 14.2 Å². The third-order valence-electron chi connectivity index (χ3n) is 6.54.